The van der Waals surface area contributed by atoms with E-state index in [1.54, 1.807) is 6.92 Å². The number of carbonyl (C=O) groups is 1. The number of nitrogens with zero attached hydrogens (tertiary/aromatic N) is 1. The Morgan fingerprint density at radius 3 is 2.40 bits per heavy atom. The van der Waals surface area contributed by atoms with E-state index in [0.29, 0.717) is 6.42 Å². The van der Waals surface area contributed by atoms with Crippen LogP contribution in [-0.4, -0.2) is 53.0 Å². The van der Waals surface area contributed by atoms with Crippen LogP contribution in [-0.2, 0) is 24.8 Å². The zero-order valence-corrected chi connectivity index (χ0v) is 16.1. The molecule has 0 fully saturated rings. The van der Waals surface area contributed by atoms with Crippen LogP contribution in [0.15, 0.2) is 23.1 Å². The van der Waals surface area contributed by atoms with Crippen molar-refractivity contribution in [1.82, 2.24) is 4.31 Å². The van der Waals surface area contributed by atoms with E-state index in [1.807, 2.05) is 0 Å². The molecule has 0 aliphatic rings. The number of anilines is 1. The molecule has 0 saturated carbocycles. The molecule has 0 aliphatic carbocycles. The van der Waals surface area contributed by atoms with E-state index in [1.165, 1.54) is 39.3 Å². The van der Waals surface area contributed by atoms with Crippen LogP contribution >= 0.6 is 0 Å². The zero-order valence-electron chi connectivity index (χ0n) is 14.5. The van der Waals surface area contributed by atoms with Crippen molar-refractivity contribution in [2.24, 2.45) is 5.73 Å². The summed E-state index contributed by atoms with van der Waals surface area (Å²) < 4.78 is 57.2. The van der Waals surface area contributed by atoms with Gasteiger partial charge in [-0.05, 0) is 25.5 Å². The predicted molar refractivity (Wildman–Crippen MR) is 94.3 cm³/mol. The van der Waals surface area contributed by atoms with Crippen molar-refractivity contribution in [3.8, 4) is 5.75 Å². The fourth-order valence-corrected chi connectivity index (χ4v) is 4.58. The Labute approximate surface area is 148 Å². The van der Waals surface area contributed by atoms with Crippen molar-refractivity contribution < 1.29 is 26.4 Å². The number of likely N-dealkylation sites (N-methyl/N-ethyl adjacent to an activating group) is 1. The molecule has 0 unspecified atom stereocenters. The monoisotopic (exact) mass is 393 g/mol. The van der Waals surface area contributed by atoms with Gasteiger partial charge in [-0.2, -0.15) is 4.31 Å². The highest BCUT2D eigenvalue weighted by Gasteiger charge is 2.31. The van der Waals surface area contributed by atoms with Crippen molar-refractivity contribution in [2.45, 2.75) is 31.2 Å². The number of primary amides is 1. The lowest BCUT2D eigenvalue weighted by atomic mass is 10.3. The van der Waals surface area contributed by atoms with Crippen LogP contribution in [0.3, 0.4) is 0 Å². The van der Waals surface area contributed by atoms with Crippen molar-refractivity contribution in [1.29, 1.82) is 0 Å². The van der Waals surface area contributed by atoms with Crippen molar-refractivity contribution >= 4 is 31.6 Å². The lowest BCUT2D eigenvalue weighted by Gasteiger charge is -2.23. The maximum absolute atomic E-state index is 12.7. The quantitative estimate of drug-likeness (QED) is 0.621. The Morgan fingerprint density at radius 1 is 1.32 bits per heavy atom. The van der Waals surface area contributed by atoms with Crippen LogP contribution in [0.25, 0.3) is 0 Å². The molecule has 0 bridgehead atoms. The third kappa shape index (κ3) is 5.06. The average molecular weight is 393 g/mol. The Balaban J connectivity index is 3.28. The Bertz CT molecular complexity index is 836. The molecule has 1 aromatic rings. The summed E-state index contributed by atoms with van der Waals surface area (Å²) in [6.07, 6.45) is 0.439. The van der Waals surface area contributed by atoms with Gasteiger partial charge >= 0.3 is 0 Å². The SMILES string of the molecule is CCCS(=O)(=O)Nc1ccc(S(=O)(=O)N(C)[C@H](C)C(N)=O)c(OC)c1. The van der Waals surface area contributed by atoms with E-state index < -0.39 is 32.0 Å². The number of nitrogens with two attached hydrogens (primary N) is 1. The molecular formula is C14H23N3O6S2. The number of rotatable bonds is 9. The van der Waals surface area contributed by atoms with Gasteiger partial charge in [-0.15, -0.1) is 0 Å². The van der Waals surface area contributed by atoms with Gasteiger partial charge in [-0.1, -0.05) is 6.92 Å². The van der Waals surface area contributed by atoms with Crippen LogP contribution in [0, 0.1) is 0 Å². The number of ether oxygens (including phenoxy) is 1. The van der Waals surface area contributed by atoms with E-state index in [-0.39, 0.29) is 22.1 Å². The van der Waals surface area contributed by atoms with Gasteiger partial charge < -0.3 is 10.5 Å². The van der Waals surface area contributed by atoms with Crippen molar-refractivity contribution in [3.63, 3.8) is 0 Å². The number of carbonyl (C=O) groups excluding carboxylic acids is 1. The van der Waals surface area contributed by atoms with Gasteiger partial charge in [0.15, 0.2) is 0 Å². The first kappa shape index (κ1) is 21.2. The van der Waals surface area contributed by atoms with Crippen molar-refractivity contribution in [2.75, 3.05) is 24.6 Å². The molecule has 1 amide bonds. The van der Waals surface area contributed by atoms with Crippen LogP contribution in [0.4, 0.5) is 5.69 Å². The smallest absolute Gasteiger partial charge is 0.247 e. The molecule has 142 valence electrons. The molecule has 0 radical (unpaired) electrons. The average Bonchev–Trinajstić information content (AvgIpc) is 2.52. The molecule has 1 rings (SSSR count). The number of sulfonamides is 2. The van der Waals surface area contributed by atoms with Crippen LogP contribution in [0.2, 0.25) is 0 Å². The van der Waals surface area contributed by atoms with Crippen molar-refractivity contribution in [3.05, 3.63) is 18.2 Å². The summed E-state index contributed by atoms with van der Waals surface area (Å²) in [4.78, 5) is 11.0. The first-order valence-corrected chi connectivity index (χ1v) is 10.5. The van der Waals surface area contributed by atoms with E-state index >= 15 is 0 Å². The first-order valence-electron chi connectivity index (χ1n) is 7.42. The highest BCUT2D eigenvalue weighted by Crippen LogP contribution is 2.30. The second kappa shape index (κ2) is 8.02. The molecule has 0 heterocycles. The van der Waals surface area contributed by atoms with Crippen LogP contribution in [0.1, 0.15) is 20.3 Å². The van der Waals surface area contributed by atoms with Gasteiger partial charge in [0, 0.05) is 13.1 Å². The Kier molecular flexibility index (Phi) is 6.80. The van der Waals surface area contributed by atoms with Gasteiger partial charge in [0.2, 0.25) is 26.0 Å². The lowest BCUT2D eigenvalue weighted by Crippen LogP contribution is -2.43. The number of nitrogens with one attached hydrogen (secondary N) is 1. The molecule has 25 heavy (non-hydrogen) atoms. The maximum atomic E-state index is 12.7. The first-order chi connectivity index (χ1) is 11.5. The molecular weight excluding hydrogens is 370 g/mol. The Morgan fingerprint density at radius 2 is 1.92 bits per heavy atom. The molecule has 0 aromatic heterocycles. The minimum Gasteiger partial charge on any atom is -0.495 e. The molecule has 0 aliphatic heterocycles. The normalized spacial score (nSPS) is 13.5. The molecule has 3 N–H and O–H groups in total. The molecule has 11 heteroatoms. The topological polar surface area (TPSA) is 136 Å². The lowest BCUT2D eigenvalue weighted by molar-refractivity contribution is -0.120. The summed E-state index contributed by atoms with van der Waals surface area (Å²) in [7, 11) is -5.11. The minimum absolute atomic E-state index is 0.0554. The van der Waals surface area contributed by atoms with Gasteiger partial charge in [-0.25, -0.2) is 16.8 Å². The molecule has 0 spiro atoms. The van der Waals surface area contributed by atoms with Crippen LogP contribution in [0.5, 0.6) is 5.75 Å². The molecule has 9 nitrogen and oxygen atoms in total. The number of benzene rings is 1. The highest BCUT2D eigenvalue weighted by atomic mass is 32.2. The van der Waals surface area contributed by atoms with E-state index in [9.17, 15) is 21.6 Å². The van der Waals surface area contributed by atoms with E-state index in [2.05, 4.69) is 4.72 Å². The summed E-state index contributed by atoms with van der Waals surface area (Å²) in [5.74, 6) is -0.914. The van der Waals surface area contributed by atoms with Gasteiger partial charge in [0.1, 0.15) is 16.7 Å². The number of hydrogen-bond acceptors (Lipinski definition) is 6. The third-order valence-electron chi connectivity index (χ3n) is 3.52. The van der Waals surface area contributed by atoms with E-state index in [0.717, 1.165) is 4.31 Å². The van der Waals surface area contributed by atoms with Gasteiger partial charge in [-0.3, -0.25) is 9.52 Å². The number of methoxy groups -OCH3 is 1. The summed E-state index contributed by atoms with van der Waals surface area (Å²) in [6.45, 7) is 3.09. The second-order valence-electron chi connectivity index (χ2n) is 5.39. The summed E-state index contributed by atoms with van der Waals surface area (Å²) in [5.41, 5.74) is 5.33. The number of hydrogen-bond donors (Lipinski definition) is 2. The zero-order chi connectivity index (χ0) is 19.4. The molecule has 1 atom stereocenters. The molecule has 0 saturated heterocycles. The fraction of sp³-hybridized carbons (Fsp3) is 0.500. The molecule has 1 aromatic carbocycles. The van der Waals surface area contributed by atoms with E-state index in [4.69, 9.17) is 10.5 Å². The highest BCUT2D eigenvalue weighted by molar-refractivity contribution is 7.92. The Hall–Kier alpha value is -1.85. The second-order valence-corrected chi connectivity index (χ2v) is 9.19. The number of amides is 1. The fourth-order valence-electron chi connectivity index (χ4n) is 1.99. The summed E-state index contributed by atoms with van der Waals surface area (Å²) in [6, 6.07) is 2.73. The van der Waals surface area contributed by atoms with Gasteiger partial charge in [0.25, 0.3) is 0 Å². The summed E-state index contributed by atoms with van der Waals surface area (Å²) >= 11 is 0. The standard InChI is InChI=1S/C14H23N3O6S2/c1-5-8-24(19,20)16-11-6-7-13(12(9-11)23-4)25(21,22)17(3)10(2)14(15)18/h6-7,9-10,16H,5,8H2,1-4H3,(H2,15,18)/t10-/m1/s1. The van der Waals surface area contributed by atoms with Gasteiger partial charge in [0.05, 0.1) is 18.6 Å². The maximum Gasteiger partial charge on any atom is 0.247 e. The summed E-state index contributed by atoms with van der Waals surface area (Å²) in [5, 5.41) is 0. The largest absolute Gasteiger partial charge is 0.495 e. The third-order valence-corrected chi connectivity index (χ3v) is 6.98. The van der Waals surface area contributed by atoms with Crippen LogP contribution < -0.4 is 15.2 Å². The minimum atomic E-state index is -4.07. The predicted octanol–water partition coefficient (Wildman–Crippen LogP) is 0.341.